The molecule has 0 spiro atoms. The van der Waals surface area contributed by atoms with Crippen LogP contribution in [-0.4, -0.2) is 75.4 Å². The van der Waals surface area contributed by atoms with Crippen LogP contribution in [0.4, 0.5) is 5.82 Å². The smallest absolute Gasteiger partial charge is 0.207 e. The third-order valence-corrected chi connectivity index (χ3v) is 4.19. The minimum absolute atomic E-state index is 0.216. The van der Waals surface area contributed by atoms with Crippen LogP contribution in [0.25, 0.3) is 22.4 Å². The molecular weight excluding hydrogens is 332 g/mol. The van der Waals surface area contributed by atoms with E-state index in [2.05, 4.69) is 30.6 Å². The number of aryl methyl sites for hydroxylation is 1. The van der Waals surface area contributed by atoms with Gasteiger partial charge in [-0.15, -0.1) is 10.2 Å². The number of aliphatic hydroxyl groups excluding tert-OH is 3. The minimum Gasteiger partial charge on any atom is -0.394 e. The molecule has 0 unspecified atom stereocenters. The zero-order valence-electron chi connectivity index (χ0n) is 13.1. The Morgan fingerprint density at radius 3 is 2.76 bits per heavy atom. The molecule has 0 amide bonds. The number of fused-ring (bicyclic) bond motifs is 1. The van der Waals surface area contributed by atoms with Gasteiger partial charge in [0.1, 0.15) is 35.6 Å². The van der Waals surface area contributed by atoms with Crippen LogP contribution in [0.3, 0.4) is 0 Å². The van der Waals surface area contributed by atoms with E-state index in [1.165, 1.54) is 4.57 Å². The number of aliphatic hydroxyl groups is 3. The van der Waals surface area contributed by atoms with Gasteiger partial charge in [0.2, 0.25) is 5.82 Å². The van der Waals surface area contributed by atoms with Crippen LogP contribution < -0.4 is 5.73 Å². The van der Waals surface area contributed by atoms with Crippen LogP contribution in [0.15, 0.2) is 6.20 Å². The Labute approximate surface area is 140 Å². The van der Waals surface area contributed by atoms with Crippen molar-refractivity contribution in [3.8, 4) is 11.4 Å². The van der Waals surface area contributed by atoms with Gasteiger partial charge < -0.3 is 30.4 Å². The fourth-order valence-electron chi connectivity index (χ4n) is 3.04. The molecule has 4 heterocycles. The summed E-state index contributed by atoms with van der Waals surface area (Å²) in [4.78, 5) is 8.52. The molecular formula is C13H16N8O4. The highest BCUT2D eigenvalue weighted by molar-refractivity contribution is 5.99. The topological polar surface area (TPSA) is 181 Å². The van der Waals surface area contributed by atoms with Gasteiger partial charge in [-0.05, 0) is 12.1 Å². The van der Waals surface area contributed by atoms with Gasteiger partial charge in [-0.1, -0.05) is 0 Å². The first-order chi connectivity index (χ1) is 12.0. The average Bonchev–Trinajstić information content (AvgIpc) is 3.27. The van der Waals surface area contributed by atoms with Crippen molar-refractivity contribution < 1.29 is 20.1 Å². The average molecular weight is 348 g/mol. The molecule has 0 radical (unpaired) electrons. The van der Waals surface area contributed by atoms with Crippen molar-refractivity contribution in [2.75, 3.05) is 12.3 Å². The monoisotopic (exact) mass is 348 g/mol. The van der Waals surface area contributed by atoms with E-state index in [4.69, 9.17) is 10.5 Å². The van der Waals surface area contributed by atoms with E-state index in [1.807, 2.05) is 0 Å². The number of nitrogen functional groups attached to an aromatic ring is 1. The number of nitrogens with zero attached hydrogens (tertiary/aromatic N) is 6. The molecule has 1 aliphatic heterocycles. The number of nitrogens with one attached hydrogen (secondary N) is 1. The van der Waals surface area contributed by atoms with Crippen LogP contribution in [0.1, 0.15) is 12.1 Å². The van der Waals surface area contributed by atoms with Crippen molar-refractivity contribution in [2.45, 2.75) is 31.5 Å². The van der Waals surface area contributed by atoms with Gasteiger partial charge in [-0.3, -0.25) is 0 Å². The number of aromatic nitrogens is 7. The van der Waals surface area contributed by atoms with Gasteiger partial charge in [0, 0.05) is 6.20 Å². The highest BCUT2D eigenvalue weighted by Crippen LogP contribution is 2.37. The summed E-state index contributed by atoms with van der Waals surface area (Å²) in [5.74, 6) is 0.915. The second-order valence-electron chi connectivity index (χ2n) is 5.77. The number of H-pyrrole nitrogens is 1. The highest BCUT2D eigenvalue weighted by Gasteiger charge is 2.44. The maximum atomic E-state index is 10.3. The molecule has 1 aliphatic rings. The van der Waals surface area contributed by atoms with E-state index >= 15 is 0 Å². The molecule has 12 nitrogen and oxygen atoms in total. The molecule has 6 N–H and O–H groups in total. The molecule has 25 heavy (non-hydrogen) atoms. The second kappa shape index (κ2) is 5.70. The maximum absolute atomic E-state index is 10.3. The lowest BCUT2D eigenvalue weighted by molar-refractivity contribution is -0.0508. The fraction of sp³-hybridized carbons (Fsp3) is 0.462. The quantitative estimate of drug-likeness (QED) is 0.359. The van der Waals surface area contributed by atoms with Crippen LogP contribution in [0.2, 0.25) is 0 Å². The summed E-state index contributed by atoms with van der Waals surface area (Å²) in [6.07, 6.45) is -2.78. The summed E-state index contributed by atoms with van der Waals surface area (Å²) in [6, 6.07) is 0. The van der Waals surface area contributed by atoms with E-state index in [0.29, 0.717) is 22.4 Å². The van der Waals surface area contributed by atoms with Crippen LogP contribution in [0.5, 0.6) is 0 Å². The van der Waals surface area contributed by atoms with Crippen molar-refractivity contribution in [1.82, 2.24) is 35.2 Å². The van der Waals surface area contributed by atoms with Crippen LogP contribution in [-0.2, 0) is 4.74 Å². The summed E-state index contributed by atoms with van der Waals surface area (Å²) < 4.78 is 7.11. The van der Waals surface area contributed by atoms with Crippen molar-refractivity contribution in [2.24, 2.45) is 0 Å². The summed E-state index contributed by atoms with van der Waals surface area (Å²) in [5, 5.41) is 43.9. The fourth-order valence-corrected chi connectivity index (χ4v) is 3.04. The Bertz CT molecular complexity index is 911. The zero-order valence-corrected chi connectivity index (χ0v) is 13.1. The Kier molecular flexibility index (Phi) is 3.61. The van der Waals surface area contributed by atoms with Gasteiger partial charge in [0.15, 0.2) is 6.23 Å². The zero-order chi connectivity index (χ0) is 17.7. The number of anilines is 1. The molecule has 0 saturated carbocycles. The molecule has 0 aliphatic carbocycles. The summed E-state index contributed by atoms with van der Waals surface area (Å²) in [7, 11) is 0. The molecule has 1 fully saturated rings. The van der Waals surface area contributed by atoms with E-state index in [9.17, 15) is 15.3 Å². The summed E-state index contributed by atoms with van der Waals surface area (Å²) >= 11 is 0. The number of rotatable bonds is 3. The van der Waals surface area contributed by atoms with E-state index in [0.717, 1.165) is 0 Å². The third kappa shape index (κ3) is 2.34. The summed E-state index contributed by atoms with van der Waals surface area (Å²) in [5.41, 5.74) is 6.94. The first-order valence-corrected chi connectivity index (χ1v) is 7.52. The van der Waals surface area contributed by atoms with Crippen molar-refractivity contribution in [3.05, 3.63) is 12.0 Å². The van der Waals surface area contributed by atoms with Crippen LogP contribution in [0, 0.1) is 6.92 Å². The van der Waals surface area contributed by atoms with Crippen LogP contribution >= 0.6 is 0 Å². The normalized spacial score (nSPS) is 26.6. The lowest BCUT2D eigenvalue weighted by Crippen LogP contribution is -2.33. The molecule has 3 aromatic heterocycles. The van der Waals surface area contributed by atoms with Crippen molar-refractivity contribution in [1.29, 1.82) is 0 Å². The van der Waals surface area contributed by atoms with Gasteiger partial charge in [-0.25, -0.2) is 9.97 Å². The highest BCUT2D eigenvalue weighted by atomic mass is 16.6. The van der Waals surface area contributed by atoms with Gasteiger partial charge >= 0.3 is 0 Å². The number of hydrogen-bond acceptors (Lipinski definition) is 10. The van der Waals surface area contributed by atoms with E-state index < -0.39 is 31.1 Å². The number of hydrogen-bond donors (Lipinski definition) is 5. The molecule has 0 aromatic carbocycles. The van der Waals surface area contributed by atoms with Crippen molar-refractivity contribution >= 4 is 16.9 Å². The predicted molar refractivity (Wildman–Crippen MR) is 82.9 cm³/mol. The molecule has 1 saturated heterocycles. The minimum atomic E-state index is -1.26. The largest absolute Gasteiger partial charge is 0.394 e. The van der Waals surface area contributed by atoms with Gasteiger partial charge in [0.05, 0.1) is 17.6 Å². The Hall–Kier alpha value is -2.67. The number of nitrogens with two attached hydrogens (primary N) is 1. The Balaban J connectivity index is 1.93. The third-order valence-electron chi connectivity index (χ3n) is 4.19. The van der Waals surface area contributed by atoms with Crippen molar-refractivity contribution in [3.63, 3.8) is 0 Å². The Morgan fingerprint density at radius 2 is 2.12 bits per heavy atom. The van der Waals surface area contributed by atoms with E-state index in [-0.39, 0.29) is 11.6 Å². The van der Waals surface area contributed by atoms with E-state index in [1.54, 1.807) is 13.1 Å². The number of tetrazole rings is 1. The number of ether oxygens (including phenoxy) is 1. The first-order valence-electron chi connectivity index (χ1n) is 7.52. The molecule has 4 rings (SSSR count). The second-order valence-corrected chi connectivity index (χ2v) is 5.77. The lowest BCUT2D eigenvalue weighted by atomic mass is 10.1. The maximum Gasteiger partial charge on any atom is 0.207 e. The lowest BCUT2D eigenvalue weighted by Gasteiger charge is -2.17. The molecule has 0 bridgehead atoms. The van der Waals surface area contributed by atoms with Gasteiger partial charge in [-0.2, -0.15) is 5.21 Å². The summed E-state index contributed by atoms with van der Waals surface area (Å²) in [6.45, 7) is 1.25. The first kappa shape index (κ1) is 15.8. The van der Waals surface area contributed by atoms with Gasteiger partial charge in [0.25, 0.3) is 0 Å². The standard InChI is InChI=1S/C13H16N8O4/c1-4-15-10(14)7-5(11-17-19-20-18-11)2-21(12(7)16-4)13-9(24)8(23)6(3-22)25-13/h2,6,8-9,13,22-24H,3H2,1H3,(H2,14,15,16)(H,17,18,19,20)/t6-,8-,9-,13-/m1/s1. The molecule has 132 valence electrons. The Morgan fingerprint density at radius 1 is 1.32 bits per heavy atom. The molecule has 3 aromatic rings. The predicted octanol–water partition coefficient (Wildman–Crippen LogP) is -1.89. The molecule has 4 atom stereocenters. The SMILES string of the molecule is Cc1nc(N)c2c(-c3nn[nH]n3)cn([C@@H]3O[C@H](CO)[C@@H](O)[C@H]3O)c2n1. The number of aromatic amines is 1. The molecule has 12 heteroatoms.